The van der Waals surface area contributed by atoms with E-state index < -0.39 is 10.0 Å². The van der Waals surface area contributed by atoms with Crippen LogP contribution in [0, 0.1) is 0 Å². The average Bonchev–Trinajstić information content (AvgIpc) is 3.13. The minimum Gasteiger partial charge on any atom is -0.338 e. The number of aromatic nitrogens is 2. The Morgan fingerprint density at radius 1 is 0.938 bits per heavy atom. The highest BCUT2D eigenvalue weighted by Gasteiger charge is 2.13. The summed E-state index contributed by atoms with van der Waals surface area (Å²) in [6, 6.07) is 21.8. The van der Waals surface area contributed by atoms with Gasteiger partial charge in [-0.1, -0.05) is 75.4 Å². The van der Waals surface area contributed by atoms with Gasteiger partial charge in [-0.2, -0.15) is 0 Å². The van der Waals surface area contributed by atoms with Crippen molar-refractivity contribution < 1.29 is 8.42 Å². The molecule has 0 saturated heterocycles. The molecule has 2 N–H and O–H groups in total. The van der Waals surface area contributed by atoms with Crippen molar-refractivity contribution in [2.75, 3.05) is 11.0 Å². The molecule has 0 aliphatic heterocycles. The highest BCUT2D eigenvalue weighted by Crippen LogP contribution is 2.30. The lowest BCUT2D eigenvalue weighted by Gasteiger charge is -2.18. The fourth-order valence-electron chi connectivity index (χ4n) is 3.57. The number of hydrogen-bond acceptors (Lipinski definition) is 3. The molecule has 0 amide bonds. The number of hydrogen-bond donors (Lipinski definition) is 2. The number of H-pyrrole nitrogens is 1. The van der Waals surface area contributed by atoms with Crippen LogP contribution in [0.2, 0.25) is 0 Å². The minimum atomic E-state index is -3.37. The lowest BCUT2D eigenvalue weighted by molar-refractivity contribution is 0.590. The van der Waals surface area contributed by atoms with E-state index in [9.17, 15) is 8.42 Å². The van der Waals surface area contributed by atoms with Gasteiger partial charge < -0.3 is 4.98 Å². The molecular formula is C26H27N3O2S. The Hall–Kier alpha value is -3.38. The van der Waals surface area contributed by atoms with E-state index in [1.54, 1.807) is 6.07 Å². The van der Waals surface area contributed by atoms with E-state index >= 15 is 0 Å². The Morgan fingerprint density at radius 3 is 2.34 bits per heavy atom. The summed E-state index contributed by atoms with van der Waals surface area (Å²) in [4.78, 5) is 7.99. The zero-order valence-corrected chi connectivity index (χ0v) is 19.5. The first-order valence-electron chi connectivity index (χ1n) is 10.4. The van der Waals surface area contributed by atoms with Gasteiger partial charge in [-0.15, -0.1) is 0 Å². The van der Waals surface area contributed by atoms with Crippen molar-refractivity contribution >= 4 is 38.9 Å². The Balaban J connectivity index is 1.61. The van der Waals surface area contributed by atoms with Crippen LogP contribution < -0.4 is 4.72 Å². The van der Waals surface area contributed by atoms with Crippen LogP contribution >= 0.6 is 0 Å². The number of rotatable bonds is 5. The summed E-state index contributed by atoms with van der Waals surface area (Å²) in [5.41, 5.74) is 6.55. The molecule has 4 rings (SSSR count). The van der Waals surface area contributed by atoms with Crippen molar-refractivity contribution in [2.24, 2.45) is 0 Å². The third-order valence-electron chi connectivity index (χ3n) is 5.24. The van der Waals surface area contributed by atoms with E-state index in [0.717, 1.165) is 39.8 Å². The summed E-state index contributed by atoms with van der Waals surface area (Å²) in [7, 11) is -3.37. The summed E-state index contributed by atoms with van der Waals surface area (Å²) in [6.45, 7) is 6.61. The zero-order valence-electron chi connectivity index (χ0n) is 18.7. The topological polar surface area (TPSA) is 74.8 Å². The molecule has 1 aromatic heterocycles. The van der Waals surface area contributed by atoms with Gasteiger partial charge in [0.15, 0.2) is 0 Å². The van der Waals surface area contributed by atoms with Crippen LogP contribution in [0.25, 0.3) is 34.3 Å². The van der Waals surface area contributed by atoms with Crippen molar-refractivity contribution in [3.63, 3.8) is 0 Å². The van der Waals surface area contributed by atoms with Crippen LogP contribution in [0.15, 0.2) is 66.7 Å². The van der Waals surface area contributed by atoms with Gasteiger partial charge in [-0.25, -0.2) is 13.4 Å². The standard InChI is InChI=1S/C26H27N3O2S/c1-26(2,3)20-13-9-18(10-14-20)11-16-25-27-23-15-12-19(17-24(23)28-25)21-7-5-6-8-22(21)29-32(4,30)31/h5-17,29H,1-4H3,(H,27,28). The first-order chi connectivity index (χ1) is 15.1. The first-order valence-corrected chi connectivity index (χ1v) is 12.3. The molecule has 0 atom stereocenters. The van der Waals surface area contributed by atoms with Crippen molar-refractivity contribution in [2.45, 2.75) is 26.2 Å². The van der Waals surface area contributed by atoms with Crippen LogP contribution in [-0.4, -0.2) is 24.6 Å². The predicted octanol–water partition coefficient (Wildman–Crippen LogP) is 6.07. The van der Waals surface area contributed by atoms with Gasteiger partial charge in [0.05, 0.1) is 23.0 Å². The quantitative estimate of drug-likeness (QED) is 0.391. The molecule has 164 valence electrons. The average molecular weight is 446 g/mol. The predicted molar refractivity (Wildman–Crippen MR) is 134 cm³/mol. The highest BCUT2D eigenvalue weighted by molar-refractivity contribution is 7.92. The van der Waals surface area contributed by atoms with Gasteiger partial charge in [0, 0.05) is 5.56 Å². The van der Waals surface area contributed by atoms with E-state index in [4.69, 9.17) is 0 Å². The fourth-order valence-corrected chi connectivity index (χ4v) is 4.15. The Kier molecular flexibility index (Phi) is 5.65. The summed E-state index contributed by atoms with van der Waals surface area (Å²) in [5.74, 6) is 0.764. The molecule has 4 aromatic rings. The van der Waals surface area contributed by atoms with Crippen molar-refractivity contribution in [1.82, 2.24) is 9.97 Å². The number of imidazole rings is 1. The molecule has 0 unspecified atom stereocenters. The molecule has 0 aliphatic rings. The van der Waals surface area contributed by atoms with Crippen LogP contribution in [0.5, 0.6) is 0 Å². The Morgan fingerprint density at radius 2 is 1.66 bits per heavy atom. The third-order valence-corrected chi connectivity index (χ3v) is 5.83. The third kappa shape index (κ3) is 5.08. The molecule has 3 aromatic carbocycles. The molecule has 0 fully saturated rings. The maximum atomic E-state index is 11.7. The fraction of sp³-hybridized carbons (Fsp3) is 0.192. The second kappa shape index (κ2) is 8.28. The second-order valence-corrected chi connectivity index (χ2v) is 10.7. The molecule has 0 radical (unpaired) electrons. The van der Waals surface area contributed by atoms with Gasteiger partial charge in [0.1, 0.15) is 5.82 Å². The number of anilines is 1. The normalized spacial score (nSPS) is 12.5. The lowest BCUT2D eigenvalue weighted by atomic mass is 9.87. The van der Waals surface area contributed by atoms with Crippen LogP contribution in [-0.2, 0) is 15.4 Å². The van der Waals surface area contributed by atoms with Gasteiger partial charge >= 0.3 is 0 Å². The molecule has 0 saturated carbocycles. The van der Waals surface area contributed by atoms with Crippen LogP contribution in [0.4, 0.5) is 5.69 Å². The number of sulfonamides is 1. The minimum absolute atomic E-state index is 0.133. The number of aromatic amines is 1. The van der Waals surface area contributed by atoms with Crippen LogP contribution in [0.3, 0.4) is 0 Å². The van der Waals surface area contributed by atoms with E-state index in [1.807, 2.05) is 48.6 Å². The second-order valence-electron chi connectivity index (χ2n) is 8.98. The largest absolute Gasteiger partial charge is 0.338 e. The van der Waals surface area contributed by atoms with Gasteiger partial charge in [-0.05, 0) is 46.4 Å². The number of nitrogens with one attached hydrogen (secondary N) is 2. The summed E-state index contributed by atoms with van der Waals surface area (Å²) in [6.07, 6.45) is 5.15. The molecule has 0 aliphatic carbocycles. The molecule has 0 spiro atoms. The van der Waals surface area contributed by atoms with Gasteiger partial charge in [-0.3, -0.25) is 4.72 Å². The maximum Gasteiger partial charge on any atom is 0.229 e. The summed E-state index contributed by atoms with van der Waals surface area (Å²) in [5, 5.41) is 0. The molecule has 1 heterocycles. The number of para-hydroxylation sites is 1. The first kappa shape index (κ1) is 21.8. The van der Waals surface area contributed by atoms with E-state index in [1.165, 1.54) is 5.56 Å². The van der Waals surface area contributed by atoms with E-state index in [-0.39, 0.29) is 5.41 Å². The number of nitrogens with zero attached hydrogens (tertiary/aromatic N) is 1. The van der Waals surface area contributed by atoms with Crippen molar-refractivity contribution in [3.8, 4) is 11.1 Å². The zero-order chi connectivity index (χ0) is 22.9. The summed E-state index contributed by atoms with van der Waals surface area (Å²) >= 11 is 0. The van der Waals surface area contributed by atoms with E-state index in [2.05, 4.69) is 59.7 Å². The summed E-state index contributed by atoms with van der Waals surface area (Å²) < 4.78 is 26.0. The van der Waals surface area contributed by atoms with Crippen molar-refractivity contribution in [1.29, 1.82) is 0 Å². The lowest BCUT2D eigenvalue weighted by Crippen LogP contribution is -2.10. The molecular weight excluding hydrogens is 418 g/mol. The maximum absolute atomic E-state index is 11.7. The van der Waals surface area contributed by atoms with Crippen LogP contribution in [0.1, 0.15) is 37.7 Å². The number of fused-ring (bicyclic) bond motifs is 1. The Labute approximate surface area is 189 Å². The van der Waals surface area contributed by atoms with Gasteiger partial charge in [0.25, 0.3) is 0 Å². The monoisotopic (exact) mass is 445 g/mol. The molecule has 0 bridgehead atoms. The molecule has 32 heavy (non-hydrogen) atoms. The van der Waals surface area contributed by atoms with Gasteiger partial charge in [0.2, 0.25) is 10.0 Å². The SMILES string of the molecule is CC(C)(C)c1ccc(C=Cc2nc3ccc(-c4ccccc4NS(C)(=O)=O)cc3[nH]2)cc1. The molecule has 5 nitrogen and oxygen atoms in total. The highest BCUT2D eigenvalue weighted by atomic mass is 32.2. The molecule has 6 heteroatoms. The van der Waals surface area contributed by atoms with E-state index in [0.29, 0.717) is 5.69 Å². The smallest absolute Gasteiger partial charge is 0.229 e. The van der Waals surface area contributed by atoms with Crippen molar-refractivity contribution in [3.05, 3.63) is 83.7 Å². The number of benzene rings is 3. The Bertz CT molecular complexity index is 1390.